The first-order valence-electron chi connectivity index (χ1n) is 8.88. The molecule has 6 nitrogen and oxygen atoms in total. The minimum absolute atomic E-state index is 0.502. The van der Waals surface area contributed by atoms with Crippen molar-refractivity contribution in [1.82, 2.24) is 19.5 Å². The molecule has 2 aromatic heterocycles. The van der Waals surface area contributed by atoms with E-state index in [1.807, 2.05) is 29.0 Å². The molecule has 0 aliphatic heterocycles. The van der Waals surface area contributed by atoms with Crippen LogP contribution < -0.4 is 9.47 Å². The number of aryl methyl sites for hydroxylation is 2. The molecule has 0 bridgehead atoms. The maximum Gasteiger partial charge on any atom is 0.172 e. The number of nitrogens with zero attached hydrogens (tertiary/aromatic N) is 3. The van der Waals surface area contributed by atoms with E-state index in [2.05, 4.69) is 35.9 Å². The third kappa shape index (κ3) is 3.38. The molecule has 0 unspecified atom stereocenters. The molecule has 0 spiro atoms. The molecule has 2 aromatic carbocycles. The summed E-state index contributed by atoms with van der Waals surface area (Å²) < 4.78 is 13.6. The molecule has 0 saturated heterocycles. The van der Waals surface area contributed by atoms with Gasteiger partial charge in [0.2, 0.25) is 0 Å². The Labute approximate surface area is 157 Å². The number of aromatic amines is 1. The summed E-state index contributed by atoms with van der Waals surface area (Å²) >= 11 is 0. The van der Waals surface area contributed by atoms with Crippen LogP contribution in [0, 0.1) is 13.8 Å². The number of para-hydroxylation sites is 1. The van der Waals surface area contributed by atoms with E-state index in [9.17, 15) is 0 Å². The molecule has 4 aromatic rings. The number of hydrogen-bond acceptors (Lipinski definition) is 4. The molecule has 0 aliphatic carbocycles. The van der Waals surface area contributed by atoms with Crippen molar-refractivity contribution in [2.45, 2.75) is 20.4 Å². The van der Waals surface area contributed by atoms with Crippen LogP contribution >= 0.6 is 0 Å². The summed E-state index contributed by atoms with van der Waals surface area (Å²) in [6, 6.07) is 10.1. The minimum Gasteiger partial charge on any atom is -0.493 e. The number of fused-ring (bicyclic) bond motifs is 1. The van der Waals surface area contributed by atoms with Crippen molar-refractivity contribution in [3.8, 4) is 22.9 Å². The molecule has 0 aliphatic rings. The summed E-state index contributed by atoms with van der Waals surface area (Å²) in [4.78, 5) is 12.2. The largest absolute Gasteiger partial charge is 0.493 e. The van der Waals surface area contributed by atoms with Gasteiger partial charge < -0.3 is 19.0 Å². The third-order valence-corrected chi connectivity index (χ3v) is 4.71. The summed E-state index contributed by atoms with van der Waals surface area (Å²) in [5.41, 5.74) is 5.30. The molecular weight excluding hydrogens is 340 g/mol. The molecule has 1 N–H and O–H groups in total. The molecule has 0 fully saturated rings. The van der Waals surface area contributed by atoms with Gasteiger partial charge in [0, 0.05) is 12.4 Å². The Hall–Kier alpha value is -3.28. The van der Waals surface area contributed by atoms with Crippen molar-refractivity contribution in [1.29, 1.82) is 0 Å². The zero-order valence-electron chi connectivity index (χ0n) is 15.7. The second-order valence-corrected chi connectivity index (χ2v) is 6.52. The molecule has 2 heterocycles. The number of H-pyrrole nitrogens is 1. The van der Waals surface area contributed by atoms with Crippen LogP contribution in [0.25, 0.3) is 22.4 Å². The van der Waals surface area contributed by atoms with E-state index in [-0.39, 0.29) is 0 Å². The van der Waals surface area contributed by atoms with E-state index in [1.54, 1.807) is 19.6 Å². The number of ether oxygens (including phenoxy) is 2. The van der Waals surface area contributed by atoms with Gasteiger partial charge in [-0.2, -0.15) is 0 Å². The number of benzene rings is 2. The summed E-state index contributed by atoms with van der Waals surface area (Å²) in [6.07, 6.45) is 5.44. The number of aromatic nitrogens is 4. The molecule has 0 amide bonds. The molecule has 4 rings (SSSR count). The van der Waals surface area contributed by atoms with Crippen LogP contribution in [-0.2, 0) is 6.54 Å². The number of imidazole rings is 2. The standard InChI is InChI=1S/C21H22N4O2/c1-14-11-17-18(12-15(14)2)24-21(23-17)16-5-4-6-19(26-3)20(16)27-10-9-25-8-7-22-13-25/h4-8,11-13H,9-10H2,1-3H3,(H,23,24). The summed E-state index contributed by atoms with van der Waals surface area (Å²) in [5, 5.41) is 0. The normalized spacial score (nSPS) is 11.1. The van der Waals surface area contributed by atoms with Gasteiger partial charge in [-0.05, 0) is 49.2 Å². The van der Waals surface area contributed by atoms with Crippen molar-refractivity contribution in [2.75, 3.05) is 13.7 Å². The number of nitrogens with one attached hydrogen (secondary N) is 1. The molecule has 138 valence electrons. The SMILES string of the molecule is COc1cccc(-c2nc3cc(C)c(C)cc3[nH]2)c1OCCn1ccnc1. The van der Waals surface area contributed by atoms with Crippen molar-refractivity contribution >= 4 is 11.0 Å². The predicted molar refractivity (Wildman–Crippen MR) is 105 cm³/mol. The second-order valence-electron chi connectivity index (χ2n) is 6.52. The number of hydrogen-bond donors (Lipinski definition) is 1. The van der Waals surface area contributed by atoms with Crippen molar-refractivity contribution in [2.24, 2.45) is 0 Å². The molecular formula is C21H22N4O2. The van der Waals surface area contributed by atoms with Crippen LogP contribution in [0.5, 0.6) is 11.5 Å². The fourth-order valence-electron chi connectivity index (χ4n) is 3.08. The first-order valence-corrected chi connectivity index (χ1v) is 8.88. The summed E-state index contributed by atoms with van der Waals surface area (Å²) in [5.74, 6) is 2.14. The smallest absolute Gasteiger partial charge is 0.172 e. The van der Waals surface area contributed by atoms with E-state index < -0.39 is 0 Å². The lowest BCUT2D eigenvalue weighted by Gasteiger charge is -2.14. The fraction of sp³-hybridized carbons (Fsp3) is 0.238. The van der Waals surface area contributed by atoms with Crippen LogP contribution in [0.1, 0.15) is 11.1 Å². The van der Waals surface area contributed by atoms with E-state index in [4.69, 9.17) is 14.5 Å². The Balaban J connectivity index is 1.69. The number of methoxy groups -OCH3 is 1. The van der Waals surface area contributed by atoms with Gasteiger partial charge in [-0.3, -0.25) is 0 Å². The van der Waals surface area contributed by atoms with Crippen LogP contribution in [0.15, 0.2) is 49.1 Å². The quantitative estimate of drug-likeness (QED) is 0.560. The third-order valence-electron chi connectivity index (χ3n) is 4.71. The Bertz CT molecular complexity index is 1030. The maximum absolute atomic E-state index is 6.10. The van der Waals surface area contributed by atoms with Crippen LogP contribution in [0.4, 0.5) is 0 Å². The molecule has 27 heavy (non-hydrogen) atoms. The van der Waals surface area contributed by atoms with Gasteiger partial charge in [0.15, 0.2) is 11.5 Å². The lowest BCUT2D eigenvalue weighted by Crippen LogP contribution is -2.08. The first-order chi connectivity index (χ1) is 13.2. The second kappa shape index (κ2) is 7.15. The van der Waals surface area contributed by atoms with Gasteiger partial charge in [0.1, 0.15) is 12.4 Å². The zero-order valence-corrected chi connectivity index (χ0v) is 15.7. The molecule has 0 radical (unpaired) electrons. The van der Waals surface area contributed by atoms with E-state index >= 15 is 0 Å². The van der Waals surface area contributed by atoms with Gasteiger partial charge in [-0.15, -0.1) is 0 Å². The average Bonchev–Trinajstić information content (AvgIpc) is 3.32. The van der Waals surface area contributed by atoms with Gasteiger partial charge >= 0.3 is 0 Å². The minimum atomic E-state index is 0.502. The Morgan fingerprint density at radius 2 is 2.00 bits per heavy atom. The molecule has 0 atom stereocenters. The van der Waals surface area contributed by atoms with Gasteiger partial charge in [-0.1, -0.05) is 6.07 Å². The van der Waals surface area contributed by atoms with Crippen LogP contribution in [-0.4, -0.2) is 33.2 Å². The zero-order chi connectivity index (χ0) is 18.8. The summed E-state index contributed by atoms with van der Waals surface area (Å²) in [6.45, 7) is 5.41. The van der Waals surface area contributed by atoms with E-state index in [0.29, 0.717) is 24.7 Å². The van der Waals surface area contributed by atoms with E-state index in [0.717, 1.165) is 22.4 Å². The van der Waals surface area contributed by atoms with Crippen LogP contribution in [0.2, 0.25) is 0 Å². The molecule has 6 heteroatoms. The van der Waals surface area contributed by atoms with Crippen molar-refractivity contribution in [3.05, 3.63) is 60.2 Å². The monoisotopic (exact) mass is 362 g/mol. The number of rotatable bonds is 6. The fourth-order valence-corrected chi connectivity index (χ4v) is 3.08. The van der Waals surface area contributed by atoms with Gasteiger partial charge in [0.25, 0.3) is 0 Å². The highest BCUT2D eigenvalue weighted by Gasteiger charge is 2.16. The lowest BCUT2D eigenvalue weighted by atomic mass is 10.1. The molecule has 0 saturated carbocycles. The highest BCUT2D eigenvalue weighted by atomic mass is 16.5. The van der Waals surface area contributed by atoms with Gasteiger partial charge in [-0.25, -0.2) is 9.97 Å². The predicted octanol–water partition coefficient (Wildman–Crippen LogP) is 4.13. The average molecular weight is 362 g/mol. The maximum atomic E-state index is 6.10. The topological polar surface area (TPSA) is 65.0 Å². The van der Waals surface area contributed by atoms with E-state index in [1.165, 1.54) is 11.1 Å². The lowest BCUT2D eigenvalue weighted by molar-refractivity contribution is 0.281. The van der Waals surface area contributed by atoms with Gasteiger partial charge in [0.05, 0.1) is 36.6 Å². The highest BCUT2D eigenvalue weighted by molar-refractivity contribution is 5.82. The van der Waals surface area contributed by atoms with Crippen molar-refractivity contribution in [3.63, 3.8) is 0 Å². The Morgan fingerprint density at radius 1 is 1.15 bits per heavy atom. The summed E-state index contributed by atoms with van der Waals surface area (Å²) in [7, 11) is 1.65. The Morgan fingerprint density at radius 3 is 2.78 bits per heavy atom. The highest BCUT2D eigenvalue weighted by Crippen LogP contribution is 2.37. The van der Waals surface area contributed by atoms with Crippen LogP contribution in [0.3, 0.4) is 0 Å². The van der Waals surface area contributed by atoms with Crippen molar-refractivity contribution < 1.29 is 9.47 Å². The first kappa shape index (κ1) is 17.1. The Kier molecular flexibility index (Phi) is 4.54.